The molecule has 7 heteroatoms. The summed E-state index contributed by atoms with van der Waals surface area (Å²) in [6.07, 6.45) is 1.70. The maximum absolute atomic E-state index is 6.10. The highest BCUT2D eigenvalue weighted by atomic mass is 35.5. The largest absolute Gasteiger partial charge is 0.457 e. The lowest BCUT2D eigenvalue weighted by Gasteiger charge is -2.10. The van der Waals surface area contributed by atoms with Gasteiger partial charge in [-0.2, -0.15) is 0 Å². The highest BCUT2D eigenvalue weighted by Gasteiger charge is 2.09. The first-order valence-electron chi connectivity index (χ1n) is 9.78. The number of nitrogens with zero attached hydrogens (tertiary/aromatic N) is 3. The molecule has 156 valence electrons. The summed E-state index contributed by atoms with van der Waals surface area (Å²) in [6.45, 7) is 0. The number of rotatable bonds is 4. The topological polar surface area (TPSA) is 73.9 Å². The Balaban J connectivity index is 1.44. The molecule has 2 heterocycles. The zero-order valence-electron chi connectivity index (χ0n) is 16.7. The quantitative estimate of drug-likeness (QED) is 0.312. The summed E-state index contributed by atoms with van der Waals surface area (Å²) in [6, 6.07) is 24.3. The number of halogens is 2. The van der Waals surface area contributed by atoms with Crippen LogP contribution in [0.3, 0.4) is 0 Å². The van der Waals surface area contributed by atoms with Gasteiger partial charge in [0.15, 0.2) is 0 Å². The predicted molar refractivity (Wildman–Crippen MR) is 129 cm³/mol. The number of ether oxygens (including phenoxy) is 1. The Morgan fingerprint density at radius 3 is 2.00 bits per heavy atom. The van der Waals surface area contributed by atoms with Crippen molar-refractivity contribution >= 4 is 40.1 Å². The Bertz CT molecular complexity index is 1420. The Kier molecular flexibility index (Phi) is 5.35. The molecule has 2 aromatic heterocycles. The van der Waals surface area contributed by atoms with Gasteiger partial charge in [-0.3, -0.25) is 4.98 Å². The van der Waals surface area contributed by atoms with Gasteiger partial charge in [-0.15, -0.1) is 0 Å². The number of hydrogen-bond donors (Lipinski definition) is 1. The SMILES string of the molecule is Nc1nc(-c2ccc(Cl)cc2)cc(-c2ccc(Oc3ccnc4cc(Cl)ccc34)cc2)n1. The lowest BCUT2D eigenvalue weighted by Crippen LogP contribution is -1.98. The van der Waals surface area contributed by atoms with E-state index in [1.54, 1.807) is 6.20 Å². The van der Waals surface area contributed by atoms with E-state index in [1.165, 1.54) is 0 Å². The van der Waals surface area contributed by atoms with Crippen molar-refractivity contribution in [2.75, 3.05) is 5.73 Å². The van der Waals surface area contributed by atoms with E-state index in [2.05, 4.69) is 15.0 Å². The molecule has 5 aromatic rings. The van der Waals surface area contributed by atoms with Crippen LogP contribution in [0.5, 0.6) is 11.5 Å². The van der Waals surface area contributed by atoms with E-state index in [4.69, 9.17) is 33.7 Å². The van der Waals surface area contributed by atoms with E-state index >= 15 is 0 Å². The third kappa shape index (κ3) is 4.21. The lowest BCUT2D eigenvalue weighted by atomic mass is 10.1. The Labute approximate surface area is 194 Å². The highest BCUT2D eigenvalue weighted by Crippen LogP contribution is 2.32. The maximum atomic E-state index is 6.10. The van der Waals surface area contributed by atoms with Crippen LogP contribution in [0.4, 0.5) is 5.95 Å². The summed E-state index contributed by atoms with van der Waals surface area (Å²) in [5.41, 5.74) is 10.0. The van der Waals surface area contributed by atoms with E-state index in [0.717, 1.165) is 33.4 Å². The van der Waals surface area contributed by atoms with Gasteiger partial charge in [-0.05, 0) is 66.7 Å². The molecule has 5 rings (SSSR count). The van der Waals surface area contributed by atoms with Crippen LogP contribution < -0.4 is 10.5 Å². The number of benzene rings is 3. The summed E-state index contributed by atoms with van der Waals surface area (Å²) in [4.78, 5) is 13.1. The number of pyridine rings is 1. The van der Waals surface area contributed by atoms with Crippen molar-refractivity contribution in [3.63, 3.8) is 0 Å². The monoisotopic (exact) mass is 458 g/mol. The summed E-state index contributed by atoms with van der Waals surface area (Å²) >= 11 is 12.1. The molecular weight excluding hydrogens is 443 g/mol. The van der Waals surface area contributed by atoms with Gasteiger partial charge >= 0.3 is 0 Å². The van der Waals surface area contributed by atoms with Gasteiger partial charge in [0.05, 0.1) is 16.9 Å². The van der Waals surface area contributed by atoms with Crippen LogP contribution in [-0.4, -0.2) is 15.0 Å². The lowest BCUT2D eigenvalue weighted by molar-refractivity contribution is 0.488. The number of hydrogen-bond acceptors (Lipinski definition) is 5. The fourth-order valence-electron chi connectivity index (χ4n) is 3.39. The predicted octanol–water partition coefficient (Wildman–Crippen LogP) is 7.04. The molecule has 2 N–H and O–H groups in total. The minimum absolute atomic E-state index is 0.203. The van der Waals surface area contributed by atoms with E-state index in [0.29, 0.717) is 21.5 Å². The molecule has 0 unspecified atom stereocenters. The molecule has 0 atom stereocenters. The Morgan fingerprint density at radius 2 is 1.31 bits per heavy atom. The van der Waals surface area contributed by atoms with Crippen LogP contribution in [-0.2, 0) is 0 Å². The second kappa shape index (κ2) is 8.46. The molecule has 0 fully saturated rings. The van der Waals surface area contributed by atoms with Crippen molar-refractivity contribution in [2.24, 2.45) is 0 Å². The molecule has 0 spiro atoms. The van der Waals surface area contributed by atoms with E-state index in [9.17, 15) is 0 Å². The van der Waals surface area contributed by atoms with Gasteiger partial charge in [0.25, 0.3) is 0 Å². The summed E-state index contributed by atoms with van der Waals surface area (Å²) in [5.74, 6) is 1.60. The zero-order chi connectivity index (χ0) is 22.1. The summed E-state index contributed by atoms with van der Waals surface area (Å²) in [5, 5.41) is 2.18. The Morgan fingerprint density at radius 1 is 0.688 bits per heavy atom. The van der Waals surface area contributed by atoms with Gasteiger partial charge in [-0.25, -0.2) is 9.97 Å². The molecule has 0 aliphatic heterocycles. The first-order valence-corrected chi connectivity index (χ1v) is 10.5. The maximum Gasteiger partial charge on any atom is 0.221 e. The molecule has 0 aliphatic carbocycles. The molecule has 0 aliphatic rings. The smallest absolute Gasteiger partial charge is 0.221 e. The molecule has 32 heavy (non-hydrogen) atoms. The van der Waals surface area contributed by atoms with Crippen LogP contribution in [0.25, 0.3) is 33.4 Å². The zero-order valence-corrected chi connectivity index (χ0v) is 18.2. The van der Waals surface area contributed by atoms with Crippen molar-refractivity contribution < 1.29 is 4.74 Å². The minimum atomic E-state index is 0.203. The fourth-order valence-corrected chi connectivity index (χ4v) is 3.68. The average molecular weight is 459 g/mol. The van der Waals surface area contributed by atoms with Gasteiger partial charge in [0.1, 0.15) is 11.5 Å². The summed E-state index contributed by atoms with van der Waals surface area (Å²) in [7, 11) is 0. The number of nitrogens with two attached hydrogens (primary N) is 1. The molecule has 0 amide bonds. The third-order valence-electron chi connectivity index (χ3n) is 4.93. The highest BCUT2D eigenvalue weighted by molar-refractivity contribution is 6.31. The molecule has 0 radical (unpaired) electrons. The van der Waals surface area contributed by atoms with Gasteiger partial charge in [-0.1, -0.05) is 35.3 Å². The third-order valence-corrected chi connectivity index (χ3v) is 5.41. The van der Waals surface area contributed by atoms with E-state index in [1.807, 2.05) is 78.9 Å². The molecule has 3 aromatic carbocycles. The second-order valence-electron chi connectivity index (χ2n) is 7.10. The molecule has 0 saturated heterocycles. The van der Waals surface area contributed by atoms with Gasteiger partial charge < -0.3 is 10.5 Å². The van der Waals surface area contributed by atoms with Crippen LogP contribution in [0, 0.1) is 0 Å². The van der Waals surface area contributed by atoms with E-state index in [-0.39, 0.29) is 5.95 Å². The second-order valence-corrected chi connectivity index (χ2v) is 7.97. The number of nitrogen functional groups attached to an aromatic ring is 1. The van der Waals surface area contributed by atoms with Gasteiger partial charge in [0.2, 0.25) is 5.95 Å². The fraction of sp³-hybridized carbons (Fsp3) is 0. The van der Waals surface area contributed by atoms with Crippen LogP contribution in [0.2, 0.25) is 10.0 Å². The van der Waals surface area contributed by atoms with Crippen molar-refractivity contribution in [3.05, 3.63) is 95.1 Å². The van der Waals surface area contributed by atoms with Crippen molar-refractivity contribution in [1.82, 2.24) is 15.0 Å². The van der Waals surface area contributed by atoms with Crippen molar-refractivity contribution in [3.8, 4) is 34.0 Å². The van der Waals surface area contributed by atoms with Crippen LogP contribution in [0.1, 0.15) is 0 Å². The first kappa shape index (κ1) is 20.2. The molecule has 0 bridgehead atoms. The van der Waals surface area contributed by atoms with Crippen LogP contribution >= 0.6 is 23.2 Å². The number of anilines is 1. The molecular formula is C25H16Cl2N4O. The normalized spacial score (nSPS) is 10.9. The molecule has 5 nitrogen and oxygen atoms in total. The standard InChI is InChI=1S/C25H16Cl2N4O/c26-17-5-1-15(2-6-17)21-14-22(31-25(28)30-21)16-3-8-19(9-4-16)32-24-11-12-29-23-13-18(27)7-10-20(23)24/h1-14H,(H2,28,30,31). The Hall–Kier alpha value is -3.67. The number of aromatic nitrogens is 3. The first-order chi connectivity index (χ1) is 15.5. The van der Waals surface area contributed by atoms with Crippen molar-refractivity contribution in [1.29, 1.82) is 0 Å². The van der Waals surface area contributed by atoms with Crippen molar-refractivity contribution in [2.45, 2.75) is 0 Å². The van der Waals surface area contributed by atoms with E-state index < -0.39 is 0 Å². The molecule has 0 saturated carbocycles. The number of fused-ring (bicyclic) bond motifs is 1. The van der Waals surface area contributed by atoms with Gasteiger partial charge in [0, 0.05) is 32.8 Å². The van der Waals surface area contributed by atoms with Crippen LogP contribution in [0.15, 0.2) is 85.1 Å². The average Bonchev–Trinajstić information content (AvgIpc) is 2.79. The minimum Gasteiger partial charge on any atom is -0.457 e. The summed E-state index contributed by atoms with van der Waals surface area (Å²) < 4.78 is 6.10.